The largest absolute Gasteiger partial charge is 0.522 e. The molecule has 0 saturated carbocycles. The van der Waals surface area contributed by atoms with Crippen LogP contribution in [0, 0.1) is 0 Å². The van der Waals surface area contributed by atoms with E-state index in [1.54, 1.807) is 29.3 Å². The molecule has 138 valence electrons. The molecule has 0 spiro atoms. The van der Waals surface area contributed by atoms with Crippen molar-refractivity contribution in [2.75, 3.05) is 11.6 Å². The van der Waals surface area contributed by atoms with E-state index in [0.717, 1.165) is 18.7 Å². The van der Waals surface area contributed by atoms with Gasteiger partial charge < -0.3 is 10.1 Å². The smallest absolute Gasteiger partial charge is 0.508 e. The second-order valence-corrected chi connectivity index (χ2v) is 6.28. The Morgan fingerprint density at radius 3 is 1.92 bits per heavy atom. The molecule has 0 amide bonds. The fraction of sp³-hybridized carbons (Fsp3) is 0.200. The standard InChI is InChI=1S/C14H16N2O.CHF3O3S/c15-16(13-6-8-14(17)9-7-13)11-10-12-4-2-1-3-5-12;2-1(3,4)8(5,6)7/h1-9,17H,10-11,15H2;(H,5,6,7). The maximum absolute atomic E-state index is 10.7. The first-order chi connectivity index (χ1) is 11.5. The molecule has 6 nitrogen and oxygen atoms in total. The van der Waals surface area contributed by atoms with E-state index in [1.807, 2.05) is 18.2 Å². The average Bonchev–Trinajstić information content (AvgIpc) is 2.53. The SMILES string of the molecule is NN(CCc1ccccc1)c1ccc(O)cc1.O=S(=O)(O)C(F)(F)F. The molecular formula is C15H17F3N2O4S. The molecule has 0 aliphatic carbocycles. The van der Waals surface area contributed by atoms with Crippen LogP contribution in [-0.2, 0) is 16.5 Å². The number of hydrazine groups is 1. The highest BCUT2D eigenvalue weighted by molar-refractivity contribution is 7.86. The fourth-order valence-corrected chi connectivity index (χ4v) is 1.67. The van der Waals surface area contributed by atoms with Crippen molar-refractivity contribution in [1.82, 2.24) is 0 Å². The van der Waals surface area contributed by atoms with Gasteiger partial charge in [0, 0.05) is 6.54 Å². The van der Waals surface area contributed by atoms with Gasteiger partial charge >= 0.3 is 15.6 Å². The summed E-state index contributed by atoms with van der Waals surface area (Å²) in [4.78, 5) is 0. The summed E-state index contributed by atoms with van der Waals surface area (Å²) >= 11 is 0. The van der Waals surface area contributed by atoms with Gasteiger partial charge in [-0.1, -0.05) is 30.3 Å². The average molecular weight is 378 g/mol. The highest BCUT2D eigenvalue weighted by atomic mass is 32.2. The minimum atomic E-state index is -5.84. The van der Waals surface area contributed by atoms with Gasteiger partial charge in [-0.15, -0.1) is 0 Å². The van der Waals surface area contributed by atoms with E-state index in [2.05, 4.69) is 12.1 Å². The van der Waals surface area contributed by atoms with Crippen LogP contribution >= 0.6 is 0 Å². The molecule has 2 aromatic rings. The van der Waals surface area contributed by atoms with Crippen LogP contribution in [0.1, 0.15) is 5.56 Å². The molecule has 0 saturated heterocycles. The first-order valence-electron chi connectivity index (χ1n) is 6.89. The monoisotopic (exact) mass is 378 g/mol. The van der Waals surface area contributed by atoms with Crippen LogP contribution in [0.25, 0.3) is 0 Å². The second kappa shape index (κ2) is 8.70. The molecule has 0 aliphatic rings. The number of halogens is 3. The van der Waals surface area contributed by atoms with Gasteiger partial charge in [0.25, 0.3) is 0 Å². The first-order valence-corrected chi connectivity index (χ1v) is 8.33. The molecule has 2 rings (SSSR count). The van der Waals surface area contributed by atoms with Gasteiger partial charge in [-0.05, 0) is 36.2 Å². The summed E-state index contributed by atoms with van der Waals surface area (Å²) in [6.07, 6.45) is 0.901. The molecule has 10 heteroatoms. The van der Waals surface area contributed by atoms with Crippen molar-refractivity contribution in [2.24, 2.45) is 5.84 Å². The Labute approximate surface area is 143 Å². The Kier molecular flexibility index (Phi) is 7.22. The van der Waals surface area contributed by atoms with Crippen molar-refractivity contribution in [3.63, 3.8) is 0 Å². The van der Waals surface area contributed by atoms with Crippen molar-refractivity contribution in [1.29, 1.82) is 0 Å². The molecular weight excluding hydrogens is 361 g/mol. The van der Waals surface area contributed by atoms with Crippen LogP contribution in [0.4, 0.5) is 18.9 Å². The van der Waals surface area contributed by atoms with E-state index in [0.29, 0.717) is 0 Å². The third-order valence-electron chi connectivity index (χ3n) is 2.96. The van der Waals surface area contributed by atoms with Crippen molar-refractivity contribution < 1.29 is 31.2 Å². The van der Waals surface area contributed by atoms with Crippen molar-refractivity contribution in [2.45, 2.75) is 11.9 Å². The van der Waals surface area contributed by atoms with E-state index in [4.69, 9.17) is 18.8 Å². The summed E-state index contributed by atoms with van der Waals surface area (Å²) in [6.45, 7) is 0.745. The van der Waals surface area contributed by atoms with Gasteiger partial charge in [0.05, 0.1) is 5.69 Å². The summed E-state index contributed by atoms with van der Waals surface area (Å²) < 4.78 is 57.5. The zero-order chi connectivity index (χ0) is 19.1. The lowest BCUT2D eigenvalue weighted by molar-refractivity contribution is -0.0510. The number of nitrogens with zero attached hydrogens (tertiary/aromatic N) is 1. The van der Waals surface area contributed by atoms with Crippen LogP contribution < -0.4 is 10.9 Å². The molecule has 4 N–H and O–H groups in total. The molecule has 0 atom stereocenters. The van der Waals surface area contributed by atoms with E-state index in [1.165, 1.54) is 5.56 Å². The number of aromatic hydroxyl groups is 1. The Balaban J connectivity index is 0.000000333. The van der Waals surface area contributed by atoms with Gasteiger partial charge in [-0.25, -0.2) is 5.84 Å². The lowest BCUT2D eigenvalue weighted by Crippen LogP contribution is -2.32. The number of phenols is 1. The third kappa shape index (κ3) is 7.42. The van der Waals surface area contributed by atoms with Crippen LogP contribution in [0.15, 0.2) is 54.6 Å². The van der Waals surface area contributed by atoms with Gasteiger partial charge in [0.15, 0.2) is 0 Å². The van der Waals surface area contributed by atoms with Gasteiger partial charge in [0.2, 0.25) is 0 Å². The Morgan fingerprint density at radius 2 is 1.48 bits per heavy atom. The van der Waals surface area contributed by atoms with E-state index in [9.17, 15) is 18.3 Å². The normalized spacial score (nSPS) is 11.4. The Morgan fingerprint density at radius 1 is 1.00 bits per heavy atom. The van der Waals surface area contributed by atoms with Crippen LogP contribution in [0.2, 0.25) is 0 Å². The quantitative estimate of drug-likeness (QED) is 0.327. The molecule has 0 fully saturated rings. The maximum atomic E-state index is 10.7. The molecule has 0 unspecified atom stereocenters. The number of alkyl halides is 3. The minimum Gasteiger partial charge on any atom is -0.508 e. The summed E-state index contributed by atoms with van der Waals surface area (Å²) in [5.41, 5.74) is -3.37. The summed E-state index contributed by atoms with van der Waals surface area (Å²) in [5.74, 6) is 6.20. The van der Waals surface area contributed by atoms with Crippen molar-refractivity contribution in [3.05, 3.63) is 60.2 Å². The zero-order valence-corrected chi connectivity index (χ0v) is 13.7. The van der Waals surface area contributed by atoms with Crippen molar-refractivity contribution in [3.8, 4) is 5.75 Å². The molecule has 0 bridgehead atoms. The topological polar surface area (TPSA) is 104 Å². The Bertz CT molecular complexity index is 751. The fourth-order valence-electron chi connectivity index (χ4n) is 1.67. The maximum Gasteiger partial charge on any atom is 0.522 e. The van der Waals surface area contributed by atoms with Gasteiger partial charge in [-0.3, -0.25) is 4.55 Å². The summed E-state index contributed by atoms with van der Waals surface area (Å²) in [6, 6.07) is 17.1. The lowest BCUT2D eigenvalue weighted by Gasteiger charge is -2.18. The third-order valence-corrected chi connectivity index (χ3v) is 3.54. The highest BCUT2D eigenvalue weighted by Crippen LogP contribution is 2.20. The minimum absolute atomic E-state index is 0.255. The zero-order valence-electron chi connectivity index (χ0n) is 12.9. The number of hydrogen-bond donors (Lipinski definition) is 3. The number of nitrogens with two attached hydrogens (primary N) is 1. The number of rotatable bonds is 4. The molecule has 0 heterocycles. The number of hydrogen-bond acceptors (Lipinski definition) is 5. The lowest BCUT2D eigenvalue weighted by atomic mass is 10.1. The predicted molar refractivity (Wildman–Crippen MR) is 87.4 cm³/mol. The molecule has 0 radical (unpaired) electrons. The predicted octanol–water partition coefficient (Wildman–Crippen LogP) is 2.71. The number of phenolic OH excluding ortho intramolecular Hbond substituents is 1. The van der Waals surface area contributed by atoms with Crippen LogP contribution in [0.3, 0.4) is 0 Å². The summed E-state index contributed by atoms with van der Waals surface area (Å²) in [7, 11) is -5.84. The first kappa shape index (κ1) is 20.7. The number of benzene rings is 2. The second-order valence-electron chi connectivity index (χ2n) is 4.87. The van der Waals surface area contributed by atoms with E-state index < -0.39 is 15.6 Å². The van der Waals surface area contributed by atoms with Crippen LogP contribution in [0.5, 0.6) is 5.75 Å². The number of anilines is 1. The molecule has 0 aromatic heterocycles. The Hall–Kier alpha value is -2.30. The van der Waals surface area contributed by atoms with Gasteiger partial charge in [0.1, 0.15) is 5.75 Å². The van der Waals surface area contributed by atoms with E-state index in [-0.39, 0.29) is 5.75 Å². The highest BCUT2D eigenvalue weighted by Gasteiger charge is 2.44. The van der Waals surface area contributed by atoms with Crippen LogP contribution in [-0.4, -0.2) is 30.1 Å². The van der Waals surface area contributed by atoms with Crippen molar-refractivity contribution >= 4 is 15.8 Å². The van der Waals surface area contributed by atoms with Gasteiger partial charge in [-0.2, -0.15) is 21.6 Å². The molecule has 25 heavy (non-hydrogen) atoms. The molecule has 2 aromatic carbocycles. The summed E-state index contributed by atoms with van der Waals surface area (Å²) in [5, 5.41) is 10.9. The molecule has 0 aliphatic heterocycles. The van der Waals surface area contributed by atoms with E-state index >= 15 is 0 Å².